The Morgan fingerprint density at radius 3 is 2.21 bits per heavy atom. The van der Waals surface area contributed by atoms with E-state index in [0.29, 0.717) is 12.5 Å². The van der Waals surface area contributed by atoms with E-state index < -0.39 is 0 Å². The van der Waals surface area contributed by atoms with Crippen LogP contribution in [0.3, 0.4) is 0 Å². The molecule has 2 fully saturated rings. The van der Waals surface area contributed by atoms with E-state index in [1.807, 2.05) is 56.9 Å². The van der Waals surface area contributed by atoms with Crippen molar-refractivity contribution < 1.29 is 18.8 Å². The van der Waals surface area contributed by atoms with Gasteiger partial charge in [-0.1, -0.05) is 12.1 Å². The number of hydrogen-bond acceptors (Lipinski definition) is 4. The number of rotatable bonds is 4. The molecular formula is C18H26BNO4. The standard InChI is InChI=1S/C18H26BNO4/c1-13(21)20-10-14(11-20)12-22-16-8-6-15(7-9-16)19-23-17(2,3)18(4,5)24-19/h6-9,14H,10-12H2,1-5H3. The SMILES string of the molecule is CC(=O)N1CC(COc2ccc(B3OC(C)(C)C(C)(C)O3)cc2)C1. The molecule has 1 aromatic rings. The van der Waals surface area contributed by atoms with Gasteiger partial charge in [-0.05, 0) is 45.3 Å². The Morgan fingerprint density at radius 1 is 1.17 bits per heavy atom. The molecular weight excluding hydrogens is 305 g/mol. The maximum atomic E-state index is 11.2. The highest BCUT2D eigenvalue weighted by Crippen LogP contribution is 2.36. The zero-order valence-corrected chi connectivity index (χ0v) is 15.2. The second-order valence-corrected chi connectivity index (χ2v) is 7.76. The van der Waals surface area contributed by atoms with Crippen molar-refractivity contribution in [1.29, 1.82) is 0 Å². The minimum atomic E-state index is -0.347. The van der Waals surface area contributed by atoms with Crippen LogP contribution in [0.4, 0.5) is 0 Å². The smallest absolute Gasteiger partial charge is 0.493 e. The number of hydrogen-bond donors (Lipinski definition) is 0. The summed E-state index contributed by atoms with van der Waals surface area (Å²) in [7, 11) is -0.347. The van der Waals surface area contributed by atoms with Crippen LogP contribution in [0.15, 0.2) is 24.3 Å². The van der Waals surface area contributed by atoms with Gasteiger partial charge in [0.25, 0.3) is 0 Å². The quantitative estimate of drug-likeness (QED) is 0.790. The molecule has 5 nitrogen and oxygen atoms in total. The molecule has 3 rings (SSSR count). The summed E-state index contributed by atoms with van der Waals surface area (Å²) in [6, 6.07) is 7.86. The van der Waals surface area contributed by atoms with Crippen LogP contribution < -0.4 is 10.2 Å². The minimum Gasteiger partial charge on any atom is -0.493 e. The molecule has 6 heteroatoms. The van der Waals surface area contributed by atoms with Crippen LogP contribution in [0.5, 0.6) is 5.75 Å². The molecule has 0 aliphatic carbocycles. The Hall–Kier alpha value is -1.53. The Kier molecular flexibility index (Phi) is 4.38. The Balaban J connectivity index is 1.52. The predicted molar refractivity (Wildman–Crippen MR) is 93.4 cm³/mol. The Bertz CT molecular complexity index is 592. The van der Waals surface area contributed by atoms with Gasteiger partial charge in [0, 0.05) is 25.9 Å². The Labute approximate surface area is 144 Å². The summed E-state index contributed by atoms with van der Waals surface area (Å²) in [5, 5.41) is 0. The van der Waals surface area contributed by atoms with Gasteiger partial charge in [-0.3, -0.25) is 4.79 Å². The normalized spacial score (nSPS) is 22.4. The lowest BCUT2D eigenvalue weighted by Gasteiger charge is -2.38. The molecule has 2 heterocycles. The molecule has 24 heavy (non-hydrogen) atoms. The average molecular weight is 331 g/mol. The van der Waals surface area contributed by atoms with Crippen LogP contribution >= 0.6 is 0 Å². The molecule has 2 saturated heterocycles. The fourth-order valence-corrected chi connectivity index (χ4v) is 2.85. The third kappa shape index (κ3) is 3.30. The fraction of sp³-hybridized carbons (Fsp3) is 0.611. The summed E-state index contributed by atoms with van der Waals surface area (Å²) in [5.41, 5.74) is 0.326. The van der Waals surface area contributed by atoms with Crippen molar-refractivity contribution in [3.05, 3.63) is 24.3 Å². The lowest BCUT2D eigenvalue weighted by molar-refractivity contribution is -0.135. The van der Waals surface area contributed by atoms with E-state index in [9.17, 15) is 4.79 Å². The van der Waals surface area contributed by atoms with Crippen molar-refractivity contribution in [2.45, 2.75) is 45.8 Å². The van der Waals surface area contributed by atoms with Gasteiger partial charge >= 0.3 is 7.12 Å². The van der Waals surface area contributed by atoms with E-state index in [4.69, 9.17) is 14.0 Å². The van der Waals surface area contributed by atoms with Gasteiger partial charge in [0.1, 0.15) is 5.75 Å². The van der Waals surface area contributed by atoms with Crippen LogP contribution in [-0.4, -0.2) is 48.8 Å². The van der Waals surface area contributed by atoms with Crippen molar-refractivity contribution >= 4 is 18.5 Å². The van der Waals surface area contributed by atoms with Crippen LogP contribution in [0, 0.1) is 5.92 Å². The van der Waals surface area contributed by atoms with Gasteiger partial charge in [-0.2, -0.15) is 0 Å². The van der Waals surface area contributed by atoms with Gasteiger partial charge in [0.05, 0.1) is 17.8 Å². The maximum absolute atomic E-state index is 11.2. The number of likely N-dealkylation sites (tertiary alicyclic amines) is 1. The molecule has 0 saturated carbocycles. The summed E-state index contributed by atoms with van der Waals surface area (Å²) in [4.78, 5) is 13.0. The van der Waals surface area contributed by atoms with Crippen molar-refractivity contribution in [3.63, 3.8) is 0 Å². The molecule has 2 aliphatic heterocycles. The fourth-order valence-electron chi connectivity index (χ4n) is 2.85. The molecule has 1 aromatic carbocycles. The van der Waals surface area contributed by atoms with E-state index in [2.05, 4.69) is 0 Å². The summed E-state index contributed by atoms with van der Waals surface area (Å²) in [6.45, 7) is 12.0. The van der Waals surface area contributed by atoms with Gasteiger partial charge in [-0.25, -0.2) is 0 Å². The number of amides is 1. The third-order valence-corrected chi connectivity index (χ3v) is 5.29. The van der Waals surface area contributed by atoms with E-state index in [0.717, 1.165) is 24.3 Å². The number of nitrogens with zero attached hydrogens (tertiary/aromatic N) is 1. The lowest BCUT2D eigenvalue weighted by atomic mass is 9.79. The zero-order valence-electron chi connectivity index (χ0n) is 15.2. The first-order valence-electron chi connectivity index (χ1n) is 8.52. The molecule has 0 spiro atoms. The topological polar surface area (TPSA) is 48.0 Å². The predicted octanol–water partition coefficient (Wildman–Crippen LogP) is 1.84. The number of ether oxygens (including phenoxy) is 1. The molecule has 0 bridgehead atoms. The highest BCUT2D eigenvalue weighted by molar-refractivity contribution is 6.62. The molecule has 2 aliphatic rings. The largest absolute Gasteiger partial charge is 0.494 e. The molecule has 1 amide bonds. The Morgan fingerprint density at radius 2 is 1.71 bits per heavy atom. The molecule has 130 valence electrons. The summed E-state index contributed by atoms with van der Waals surface area (Å²) < 4.78 is 17.9. The highest BCUT2D eigenvalue weighted by Gasteiger charge is 2.51. The monoisotopic (exact) mass is 331 g/mol. The highest BCUT2D eigenvalue weighted by atomic mass is 16.7. The van der Waals surface area contributed by atoms with E-state index >= 15 is 0 Å². The first-order valence-corrected chi connectivity index (χ1v) is 8.52. The number of carbonyl (C=O) groups excluding carboxylic acids is 1. The van der Waals surface area contributed by atoms with Crippen LogP contribution in [-0.2, 0) is 14.1 Å². The van der Waals surface area contributed by atoms with Crippen molar-refractivity contribution in [1.82, 2.24) is 4.90 Å². The number of benzene rings is 1. The first kappa shape index (κ1) is 17.3. The lowest BCUT2D eigenvalue weighted by Crippen LogP contribution is -2.51. The van der Waals surface area contributed by atoms with E-state index in [1.165, 1.54) is 0 Å². The molecule has 0 aromatic heterocycles. The summed E-state index contributed by atoms with van der Waals surface area (Å²) >= 11 is 0. The van der Waals surface area contributed by atoms with Crippen LogP contribution in [0.2, 0.25) is 0 Å². The van der Waals surface area contributed by atoms with Crippen molar-refractivity contribution in [2.24, 2.45) is 5.92 Å². The van der Waals surface area contributed by atoms with E-state index in [-0.39, 0.29) is 24.2 Å². The minimum absolute atomic E-state index is 0.137. The average Bonchev–Trinajstić information content (AvgIpc) is 2.66. The van der Waals surface area contributed by atoms with Gasteiger partial charge < -0.3 is 18.9 Å². The molecule has 0 radical (unpaired) electrons. The van der Waals surface area contributed by atoms with Crippen molar-refractivity contribution in [3.8, 4) is 5.75 Å². The van der Waals surface area contributed by atoms with Crippen molar-refractivity contribution in [2.75, 3.05) is 19.7 Å². The van der Waals surface area contributed by atoms with Gasteiger partial charge in [0.2, 0.25) is 5.91 Å². The first-order chi connectivity index (χ1) is 11.2. The van der Waals surface area contributed by atoms with E-state index in [1.54, 1.807) is 6.92 Å². The second-order valence-electron chi connectivity index (χ2n) is 7.76. The van der Waals surface area contributed by atoms with Crippen LogP contribution in [0.25, 0.3) is 0 Å². The summed E-state index contributed by atoms with van der Waals surface area (Å²) in [6.07, 6.45) is 0. The second kappa shape index (κ2) is 6.08. The summed E-state index contributed by atoms with van der Waals surface area (Å²) in [5.74, 6) is 1.39. The maximum Gasteiger partial charge on any atom is 0.494 e. The molecule has 0 N–H and O–H groups in total. The number of carbonyl (C=O) groups is 1. The molecule has 0 unspecified atom stereocenters. The molecule has 0 atom stereocenters. The van der Waals surface area contributed by atoms with Gasteiger partial charge in [-0.15, -0.1) is 0 Å². The van der Waals surface area contributed by atoms with Gasteiger partial charge in [0.15, 0.2) is 0 Å². The zero-order chi connectivity index (χ0) is 17.5. The van der Waals surface area contributed by atoms with Crippen LogP contribution in [0.1, 0.15) is 34.6 Å². The third-order valence-electron chi connectivity index (χ3n) is 5.29.